The largest absolute Gasteiger partial charge is 0.368 e. The van der Waals surface area contributed by atoms with E-state index >= 15 is 0 Å². The zero-order valence-electron chi connectivity index (χ0n) is 17.5. The van der Waals surface area contributed by atoms with Crippen LogP contribution in [0.4, 0.5) is 11.4 Å². The number of imide groups is 1. The summed E-state index contributed by atoms with van der Waals surface area (Å²) in [5.41, 5.74) is 1.91. The number of hydrogen-bond donors (Lipinski definition) is 0. The maximum absolute atomic E-state index is 13.2. The summed E-state index contributed by atoms with van der Waals surface area (Å²) >= 11 is 6.27. The number of nitrogens with zero attached hydrogens (tertiary/aromatic N) is 3. The highest BCUT2D eigenvalue weighted by atomic mass is 35.5. The van der Waals surface area contributed by atoms with E-state index in [4.69, 9.17) is 11.6 Å². The number of para-hydroxylation sites is 1. The molecule has 1 fully saturated rings. The van der Waals surface area contributed by atoms with Gasteiger partial charge >= 0.3 is 0 Å². The van der Waals surface area contributed by atoms with Gasteiger partial charge in [0.2, 0.25) is 10.0 Å². The molecule has 3 aromatic rings. The molecular formula is C24H20ClN3O4S. The van der Waals surface area contributed by atoms with Gasteiger partial charge in [-0.25, -0.2) is 13.3 Å². The first kappa shape index (κ1) is 21.6. The van der Waals surface area contributed by atoms with Crippen LogP contribution in [-0.2, 0) is 10.0 Å². The summed E-state index contributed by atoms with van der Waals surface area (Å²) in [5.74, 6) is -0.830. The second kappa shape index (κ2) is 8.30. The van der Waals surface area contributed by atoms with Crippen LogP contribution in [0, 0.1) is 0 Å². The predicted molar refractivity (Wildman–Crippen MR) is 126 cm³/mol. The SMILES string of the molecule is O=C1c2ccccc2C(=O)N1c1ccc(S(=O)(=O)N2CCN(c3ccccc3Cl)CC2)cc1. The van der Waals surface area contributed by atoms with Crippen molar-refractivity contribution in [3.05, 3.63) is 88.9 Å². The van der Waals surface area contributed by atoms with Crippen LogP contribution in [0.3, 0.4) is 0 Å². The summed E-state index contributed by atoms with van der Waals surface area (Å²) in [5, 5.41) is 0.637. The minimum atomic E-state index is -3.71. The molecule has 0 bridgehead atoms. The molecule has 7 nitrogen and oxygen atoms in total. The molecule has 0 unspecified atom stereocenters. The molecular weight excluding hydrogens is 462 g/mol. The maximum Gasteiger partial charge on any atom is 0.266 e. The highest BCUT2D eigenvalue weighted by Crippen LogP contribution is 2.30. The number of piperazine rings is 1. The Labute approximate surface area is 196 Å². The van der Waals surface area contributed by atoms with Crippen molar-refractivity contribution in [2.24, 2.45) is 0 Å². The second-order valence-corrected chi connectivity index (χ2v) is 10.2. The Kier molecular flexibility index (Phi) is 5.44. The fourth-order valence-corrected chi connectivity index (χ4v) is 5.89. The van der Waals surface area contributed by atoms with Crippen LogP contribution in [-0.4, -0.2) is 50.7 Å². The van der Waals surface area contributed by atoms with E-state index in [-0.39, 0.29) is 4.90 Å². The molecule has 33 heavy (non-hydrogen) atoms. The first-order chi connectivity index (χ1) is 15.9. The van der Waals surface area contributed by atoms with Gasteiger partial charge in [0.1, 0.15) is 0 Å². The number of anilines is 2. The Morgan fingerprint density at radius 3 is 1.82 bits per heavy atom. The molecule has 2 aliphatic rings. The van der Waals surface area contributed by atoms with E-state index in [0.29, 0.717) is 48.0 Å². The van der Waals surface area contributed by atoms with Gasteiger partial charge in [0, 0.05) is 26.2 Å². The molecule has 0 atom stereocenters. The van der Waals surface area contributed by atoms with Gasteiger partial charge in [0.25, 0.3) is 11.8 Å². The van der Waals surface area contributed by atoms with Gasteiger partial charge in [-0.3, -0.25) is 9.59 Å². The van der Waals surface area contributed by atoms with E-state index in [1.54, 1.807) is 24.3 Å². The van der Waals surface area contributed by atoms with Gasteiger partial charge in [-0.15, -0.1) is 0 Å². The maximum atomic E-state index is 13.2. The fraction of sp³-hybridized carbons (Fsp3) is 0.167. The highest BCUT2D eigenvalue weighted by Gasteiger charge is 2.36. The van der Waals surface area contributed by atoms with Crippen molar-refractivity contribution in [3.8, 4) is 0 Å². The van der Waals surface area contributed by atoms with Gasteiger partial charge in [-0.1, -0.05) is 35.9 Å². The van der Waals surface area contributed by atoms with Crippen LogP contribution in [0.15, 0.2) is 77.7 Å². The van der Waals surface area contributed by atoms with E-state index in [2.05, 4.69) is 4.90 Å². The molecule has 9 heteroatoms. The van der Waals surface area contributed by atoms with Crippen LogP contribution in [0.1, 0.15) is 20.7 Å². The Bertz CT molecular complexity index is 1320. The molecule has 0 spiro atoms. The number of carbonyl (C=O) groups is 2. The third-order valence-electron chi connectivity index (χ3n) is 5.96. The van der Waals surface area contributed by atoms with Gasteiger partial charge in [-0.05, 0) is 48.5 Å². The standard InChI is InChI=1S/C24H20ClN3O4S/c25-21-7-3-4-8-22(21)26-13-15-27(16-14-26)33(31,32)18-11-9-17(10-12-18)28-23(29)19-5-1-2-6-20(19)24(28)30/h1-12H,13-16H2. The van der Waals surface area contributed by atoms with Crippen LogP contribution in [0.25, 0.3) is 0 Å². The summed E-state index contributed by atoms with van der Waals surface area (Å²) in [7, 11) is -3.71. The first-order valence-corrected chi connectivity index (χ1v) is 12.3. The Morgan fingerprint density at radius 2 is 1.24 bits per heavy atom. The third-order valence-corrected chi connectivity index (χ3v) is 8.19. The van der Waals surface area contributed by atoms with E-state index in [1.807, 2.05) is 24.3 Å². The van der Waals surface area contributed by atoms with Crippen molar-refractivity contribution in [1.29, 1.82) is 0 Å². The third kappa shape index (κ3) is 3.70. The first-order valence-electron chi connectivity index (χ1n) is 10.5. The van der Waals surface area contributed by atoms with Crippen LogP contribution >= 0.6 is 11.6 Å². The Balaban J connectivity index is 1.32. The lowest BCUT2D eigenvalue weighted by Gasteiger charge is -2.35. The summed E-state index contributed by atoms with van der Waals surface area (Å²) < 4.78 is 27.8. The van der Waals surface area contributed by atoms with E-state index in [0.717, 1.165) is 10.6 Å². The molecule has 0 aliphatic carbocycles. The highest BCUT2D eigenvalue weighted by molar-refractivity contribution is 7.89. The summed E-state index contributed by atoms with van der Waals surface area (Å²) in [4.78, 5) is 28.6. The molecule has 2 aliphatic heterocycles. The van der Waals surface area contributed by atoms with E-state index < -0.39 is 21.8 Å². The predicted octanol–water partition coefficient (Wildman–Crippen LogP) is 3.65. The average Bonchev–Trinajstić information content (AvgIpc) is 3.10. The summed E-state index contributed by atoms with van der Waals surface area (Å²) in [6, 6.07) is 20.0. The number of fused-ring (bicyclic) bond motifs is 1. The molecule has 3 aromatic carbocycles. The minimum Gasteiger partial charge on any atom is -0.368 e. The number of amides is 2. The number of hydrogen-bond acceptors (Lipinski definition) is 5. The number of carbonyl (C=O) groups excluding carboxylic acids is 2. The Hall–Kier alpha value is -3.20. The molecule has 2 amide bonds. The van der Waals surface area contributed by atoms with Crippen LogP contribution in [0.2, 0.25) is 5.02 Å². The van der Waals surface area contributed by atoms with E-state index in [1.165, 1.54) is 28.6 Å². The number of rotatable bonds is 4. The fourth-order valence-electron chi connectivity index (χ4n) is 4.22. The molecule has 2 heterocycles. The smallest absolute Gasteiger partial charge is 0.266 e. The molecule has 1 saturated heterocycles. The lowest BCUT2D eigenvalue weighted by atomic mass is 10.1. The molecule has 0 aromatic heterocycles. The quantitative estimate of drug-likeness (QED) is 0.531. The van der Waals surface area contributed by atoms with Crippen molar-refractivity contribution in [2.45, 2.75) is 4.90 Å². The topological polar surface area (TPSA) is 78.0 Å². The van der Waals surface area contributed by atoms with Gasteiger partial charge in [0.05, 0.1) is 32.4 Å². The van der Waals surface area contributed by atoms with Crippen molar-refractivity contribution in [2.75, 3.05) is 36.0 Å². The molecule has 168 valence electrons. The number of halogens is 1. The summed E-state index contributed by atoms with van der Waals surface area (Å²) in [6.07, 6.45) is 0. The van der Waals surface area contributed by atoms with Crippen molar-refractivity contribution < 1.29 is 18.0 Å². The van der Waals surface area contributed by atoms with E-state index in [9.17, 15) is 18.0 Å². The average molecular weight is 482 g/mol. The van der Waals surface area contributed by atoms with Crippen molar-refractivity contribution >= 4 is 44.8 Å². The minimum absolute atomic E-state index is 0.119. The van der Waals surface area contributed by atoms with Gasteiger partial charge in [0.15, 0.2) is 0 Å². The lowest BCUT2D eigenvalue weighted by Crippen LogP contribution is -2.48. The van der Waals surface area contributed by atoms with Gasteiger partial charge in [-0.2, -0.15) is 4.31 Å². The van der Waals surface area contributed by atoms with Crippen molar-refractivity contribution in [3.63, 3.8) is 0 Å². The second-order valence-electron chi connectivity index (χ2n) is 7.83. The molecule has 0 N–H and O–H groups in total. The zero-order valence-corrected chi connectivity index (χ0v) is 19.1. The number of sulfonamides is 1. The lowest BCUT2D eigenvalue weighted by molar-refractivity contribution is 0.0926. The van der Waals surface area contributed by atoms with Gasteiger partial charge < -0.3 is 4.90 Å². The molecule has 0 saturated carbocycles. The number of benzene rings is 3. The van der Waals surface area contributed by atoms with Crippen LogP contribution in [0.5, 0.6) is 0 Å². The van der Waals surface area contributed by atoms with Crippen LogP contribution < -0.4 is 9.80 Å². The molecule has 0 radical (unpaired) electrons. The zero-order chi connectivity index (χ0) is 23.2. The Morgan fingerprint density at radius 1 is 0.697 bits per heavy atom. The normalized spacial score (nSPS) is 16.9. The monoisotopic (exact) mass is 481 g/mol. The molecule has 5 rings (SSSR count). The summed E-state index contributed by atoms with van der Waals surface area (Å²) in [6.45, 7) is 1.70. The van der Waals surface area contributed by atoms with Crippen molar-refractivity contribution in [1.82, 2.24) is 4.31 Å².